The van der Waals surface area contributed by atoms with Crippen molar-refractivity contribution >= 4 is 15.6 Å². The molecule has 3 aromatic rings. The van der Waals surface area contributed by atoms with E-state index in [2.05, 4.69) is 92.0 Å². The van der Waals surface area contributed by atoms with Gasteiger partial charge >= 0.3 is 26.2 Å². The summed E-state index contributed by atoms with van der Waals surface area (Å²) in [4.78, 5) is 0. The second-order valence-electron chi connectivity index (χ2n) is 6.12. The van der Waals surface area contributed by atoms with Crippen LogP contribution in [-0.2, 0) is 39.0 Å². The molecule has 0 saturated heterocycles. The third-order valence-corrected chi connectivity index (χ3v) is 4.22. The number of allylic oxidation sites excluding steroid dienone is 1. The number of fused-ring (bicyclic) bond motifs is 4. The van der Waals surface area contributed by atoms with E-state index in [4.69, 9.17) is 0 Å². The van der Waals surface area contributed by atoms with Crippen molar-refractivity contribution in [1.82, 2.24) is 0 Å². The van der Waals surface area contributed by atoms with Gasteiger partial charge in [-0.25, -0.2) is 6.08 Å². The van der Waals surface area contributed by atoms with E-state index in [1.54, 1.807) is 0 Å². The van der Waals surface area contributed by atoms with Gasteiger partial charge in [0.15, 0.2) is 0 Å². The molecule has 0 heterocycles. The monoisotopic (exact) mass is 498 g/mol. The smallest absolute Gasteiger partial charge is 1.00 e. The van der Waals surface area contributed by atoms with Crippen molar-refractivity contribution in [1.29, 1.82) is 0 Å². The maximum absolute atomic E-state index is 3.30. The van der Waals surface area contributed by atoms with Gasteiger partial charge in [0.25, 0.3) is 0 Å². The molecule has 2 radical (unpaired) electrons. The number of hydrogen-bond acceptors (Lipinski definition) is 0. The van der Waals surface area contributed by atoms with Crippen molar-refractivity contribution in [2.75, 3.05) is 0 Å². The fourth-order valence-corrected chi connectivity index (χ4v) is 3.10. The average Bonchev–Trinajstić information content (AvgIpc) is 3.27. The zero-order valence-corrected chi connectivity index (χ0v) is 21.1. The zero-order chi connectivity index (χ0) is 17.5. The minimum absolute atomic E-state index is 0. The van der Waals surface area contributed by atoms with Crippen molar-refractivity contribution < 1.29 is 51.0 Å². The first-order chi connectivity index (χ1) is 12.3. The van der Waals surface area contributed by atoms with Crippen LogP contribution in [0.5, 0.6) is 0 Å². The Morgan fingerprint density at radius 2 is 1.39 bits per heavy atom. The van der Waals surface area contributed by atoms with Crippen LogP contribution in [0.15, 0.2) is 66.7 Å². The molecule has 0 aromatic heterocycles. The summed E-state index contributed by atoms with van der Waals surface area (Å²) in [5.74, 6) is 0. The largest absolute Gasteiger partial charge is 4.00 e. The molecule has 0 N–H and O–H groups in total. The first-order valence-electron chi connectivity index (χ1n) is 8.64. The maximum atomic E-state index is 3.30. The van der Waals surface area contributed by atoms with Gasteiger partial charge in [0.2, 0.25) is 0 Å². The SMILES string of the molecule is C[Si]C.[C-]1=Cc2ccccc2C1.[Cl-].[Cl-].[Zr+4].[c-]1cccc2c1Cc1ccccc1-2. The Kier molecular flexibility index (Phi) is 13.7. The van der Waals surface area contributed by atoms with Crippen molar-refractivity contribution in [2.45, 2.75) is 25.9 Å². The van der Waals surface area contributed by atoms with E-state index in [1.807, 2.05) is 6.07 Å². The Hall–Kier alpha value is -0.920. The van der Waals surface area contributed by atoms with Crippen LogP contribution in [0.25, 0.3) is 17.2 Å². The molecule has 5 rings (SSSR count). The van der Waals surface area contributed by atoms with E-state index in [9.17, 15) is 0 Å². The molecule has 0 amide bonds. The van der Waals surface area contributed by atoms with E-state index in [1.165, 1.54) is 33.4 Å². The summed E-state index contributed by atoms with van der Waals surface area (Å²) in [6, 6.07) is 26.5. The predicted octanol–water partition coefficient (Wildman–Crippen LogP) is -0.0906. The van der Waals surface area contributed by atoms with Crippen LogP contribution < -0.4 is 24.8 Å². The molecule has 0 nitrogen and oxygen atoms in total. The summed E-state index contributed by atoms with van der Waals surface area (Å²) in [5.41, 5.74) is 8.24. The van der Waals surface area contributed by atoms with E-state index in [-0.39, 0.29) is 51.0 Å². The van der Waals surface area contributed by atoms with Crippen LogP contribution in [0.2, 0.25) is 13.1 Å². The molecule has 0 atom stereocenters. The third kappa shape index (κ3) is 6.85. The van der Waals surface area contributed by atoms with Crippen LogP contribution in [0.3, 0.4) is 0 Å². The van der Waals surface area contributed by atoms with Crippen LogP contribution >= 0.6 is 0 Å². The average molecular weight is 501 g/mol. The minimum Gasteiger partial charge on any atom is -1.00 e. The number of hydrogen-bond donors (Lipinski definition) is 0. The van der Waals surface area contributed by atoms with Crippen molar-refractivity contribution in [3.05, 3.63) is 101 Å². The Bertz CT molecular complexity index is 834. The molecule has 0 fully saturated rings. The van der Waals surface area contributed by atoms with Gasteiger partial charge < -0.3 is 24.8 Å². The Morgan fingerprint density at radius 1 is 0.786 bits per heavy atom. The summed E-state index contributed by atoms with van der Waals surface area (Å²) >= 11 is 0. The minimum atomic E-state index is 0. The van der Waals surface area contributed by atoms with E-state index in [0.717, 1.165) is 22.4 Å². The molecule has 0 saturated carbocycles. The molecular weight excluding hydrogens is 478 g/mol. The molecule has 0 spiro atoms. The molecule has 0 aliphatic heterocycles. The first-order valence-corrected chi connectivity index (χ1v) is 10.6. The van der Waals surface area contributed by atoms with Crippen molar-refractivity contribution in [3.63, 3.8) is 0 Å². The van der Waals surface area contributed by atoms with Crippen LogP contribution in [0.1, 0.15) is 22.3 Å². The Balaban J connectivity index is 0.000000434. The molecule has 2 aliphatic rings. The van der Waals surface area contributed by atoms with Gasteiger partial charge in [-0.1, -0.05) is 66.7 Å². The second-order valence-corrected chi connectivity index (χ2v) is 7.12. The van der Waals surface area contributed by atoms with Crippen molar-refractivity contribution in [2.24, 2.45) is 0 Å². The molecule has 0 bridgehead atoms. The molecule has 2 aliphatic carbocycles. The fraction of sp³-hybridized carbons (Fsp3) is 0.167. The third-order valence-electron chi connectivity index (χ3n) is 4.22. The Labute approximate surface area is 203 Å². The molecule has 4 heteroatoms. The fourth-order valence-electron chi connectivity index (χ4n) is 3.10. The number of benzene rings is 3. The summed E-state index contributed by atoms with van der Waals surface area (Å²) in [7, 11) is 1.08. The number of rotatable bonds is 0. The normalized spacial score (nSPS) is 10.8. The quantitative estimate of drug-likeness (QED) is 0.234. The van der Waals surface area contributed by atoms with Gasteiger partial charge in [-0.05, 0) is 6.42 Å². The van der Waals surface area contributed by atoms with Gasteiger partial charge in [0.1, 0.15) is 0 Å². The molecule has 140 valence electrons. The summed E-state index contributed by atoms with van der Waals surface area (Å²) in [6.45, 7) is 4.31. The zero-order valence-electron chi connectivity index (χ0n) is 16.1. The van der Waals surface area contributed by atoms with Crippen LogP contribution in [-0.4, -0.2) is 9.52 Å². The molecule has 3 aromatic carbocycles. The maximum Gasteiger partial charge on any atom is 4.00 e. The van der Waals surface area contributed by atoms with Gasteiger partial charge in [0, 0.05) is 9.52 Å². The van der Waals surface area contributed by atoms with Crippen LogP contribution in [0.4, 0.5) is 0 Å². The predicted molar refractivity (Wildman–Crippen MR) is 109 cm³/mol. The molecule has 28 heavy (non-hydrogen) atoms. The Morgan fingerprint density at radius 3 is 2.11 bits per heavy atom. The molecular formula is C24H22Cl2SiZr. The van der Waals surface area contributed by atoms with Crippen LogP contribution in [0, 0.1) is 12.1 Å². The second kappa shape index (κ2) is 14.1. The number of halogens is 2. The van der Waals surface area contributed by atoms with Gasteiger partial charge in [0.05, 0.1) is 0 Å². The van der Waals surface area contributed by atoms with Crippen molar-refractivity contribution in [3.8, 4) is 11.1 Å². The van der Waals surface area contributed by atoms with E-state index >= 15 is 0 Å². The van der Waals surface area contributed by atoms with Gasteiger partial charge in [-0.3, -0.25) is 6.08 Å². The van der Waals surface area contributed by atoms with E-state index < -0.39 is 0 Å². The summed E-state index contributed by atoms with van der Waals surface area (Å²) in [6.07, 6.45) is 7.26. The van der Waals surface area contributed by atoms with E-state index in [0.29, 0.717) is 0 Å². The standard InChI is InChI=1S/C13H9.C9H7.C2H6Si.2ClH.Zr/c1-3-7-12-10(5-1)9-11-6-2-4-8-13(11)12;1-2-5-9-7-3-6-8(9)4-1;1-3-2;;;/h1-5,7-8H,9H2;1-2,4-6H,7H2;1-2H3;2*1H;/q2*-1;;;;+4/p-2. The molecule has 0 unspecified atom stereocenters. The first kappa shape index (κ1) is 27.1. The van der Waals surface area contributed by atoms with Gasteiger partial charge in [-0.2, -0.15) is 35.4 Å². The summed E-state index contributed by atoms with van der Waals surface area (Å²) < 4.78 is 0. The van der Waals surface area contributed by atoms with Gasteiger partial charge in [-0.15, -0.1) is 23.6 Å². The topological polar surface area (TPSA) is 0 Å². The summed E-state index contributed by atoms with van der Waals surface area (Å²) in [5, 5.41) is 0.